The van der Waals surface area contributed by atoms with E-state index in [4.69, 9.17) is 9.47 Å². The van der Waals surface area contributed by atoms with Crippen LogP contribution >= 0.6 is 0 Å². The third kappa shape index (κ3) is 2.76. The van der Waals surface area contributed by atoms with Gasteiger partial charge >= 0.3 is 0 Å². The number of aromatic amines is 1. The van der Waals surface area contributed by atoms with E-state index in [-0.39, 0.29) is 10.9 Å². The minimum Gasteiger partial charge on any atom is -0.493 e. The second-order valence-corrected chi connectivity index (χ2v) is 7.53. The maximum absolute atomic E-state index is 12.8. The van der Waals surface area contributed by atoms with E-state index < -0.39 is 10.0 Å². The molecular weight excluding hydrogens is 330 g/mol. The van der Waals surface area contributed by atoms with E-state index in [0.29, 0.717) is 29.3 Å². The second-order valence-electron chi connectivity index (χ2n) is 5.88. The van der Waals surface area contributed by atoms with E-state index in [1.807, 2.05) is 12.1 Å². The third-order valence-corrected chi connectivity index (χ3v) is 6.08. The molecule has 8 heteroatoms. The Kier molecular flexibility index (Phi) is 4.27. The van der Waals surface area contributed by atoms with Crippen LogP contribution in [0.25, 0.3) is 0 Å². The number of hydrogen-bond acceptors (Lipinski definition) is 5. The maximum Gasteiger partial charge on any atom is 0.244 e. The molecule has 7 nitrogen and oxygen atoms in total. The van der Waals surface area contributed by atoms with Crippen molar-refractivity contribution in [1.82, 2.24) is 14.9 Å². The number of nitrogens with one attached hydrogen (secondary N) is 2. The molecule has 1 unspecified atom stereocenters. The predicted octanol–water partition coefficient (Wildman–Crippen LogP) is 2.01. The maximum atomic E-state index is 12.8. The Bertz CT molecular complexity index is 854. The summed E-state index contributed by atoms with van der Waals surface area (Å²) in [6.07, 6.45) is 1.48. The highest BCUT2D eigenvalue weighted by atomic mass is 32.2. The van der Waals surface area contributed by atoms with Gasteiger partial charge in [0.1, 0.15) is 4.90 Å². The molecule has 1 aliphatic carbocycles. The predicted molar refractivity (Wildman–Crippen MR) is 89.0 cm³/mol. The monoisotopic (exact) mass is 351 g/mol. The molecule has 1 aromatic heterocycles. The van der Waals surface area contributed by atoms with E-state index in [0.717, 1.165) is 17.5 Å². The van der Waals surface area contributed by atoms with Crippen LogP contribution in [0, 0.1) is 13.8 Å². The highest BCUT2D eigenvalue weighted by molar-refractivity contribution is 7.89. The van der Waals surface area contributed by atoms with Crippen molar-refractivity contribution in [2.24, 2.45) is 0 Å². The summed E-state index contributed by atoms with van der Waals surface area (Å²) in [6, 6.07) is 3.47. The molecule has 0 fully saturated rings. The molecule has 0 spiro atoms. The quantitative estimate of drug-likeness (QED) is 0.859. The molecule has 130 valence electrons. The standard InChI is InChI=1S/C16H21N3O4S/c1-9-16(10(2)18-17-9)24(20,21)19-13-6-5-11-7-14(22-3)15(23-4)8-12(11)13/h7-8,13,19H,5-6H2,1-4H3,(H,17,18). The first-order valence-corrected chi connectivity index (χ1v) is 9.14. The van der Waals surface area contributed by atoms with Gasteiger partial charge in [-0.05, 0) is 49.9 Å². The fourth-order valence-corrected chi connectivity index (χ4v) is 4.86. The molecule has 1 heterocycles. The van der Waals surface area contributed by atoms with Crippen molar-refractivity contribution >= 4 is 10.0 Å². The van der Waals surface area contributed by atoms with Gasteiger partial charge in [-0.25, -0.2) is 13.1 Å². The van der Waals surface area contributed by atoms with Crippen molar-refractivity contribution in [2.75, 3.05) is 14.2 Å². The molecule has 0 saturated heterocycles. The highest BCUT2D eigenvalue weighted by Crippen LogP contribution is 2.40. The van der Waals surface area contributed by atoms with Crippen LogP contribution in [-0.2, 0) is 16.4 Å². The van der Waals surface area contributed by atoms with Gasteiger partial charge in [-0.1, -0.05) is 0 Å². The van der Waals surface area contributed by atoms with Crippen LogP contribution in [0.4, 0.5) is 0 Å². The van der Waals surface area contributed by atoms with Crippen molar-refractivity contribution in [2.45, 2.75) is 37.6 Å². The first kappa shape index (κ1) is 16.8. The Balaban J connectivity index is 1.95. The molecule has 24 heavy (non-hydrogen) atoms. The van der Waals surface area contributed by atoms with E-state index in [9.17, 15) is 8.42 Å². The number of nitrogens with zero attached hydrogens (tertiary/aromatic N) is 1. The normalized spacial score (nSPS) is 16.9. The zero-order valence-electron chi connectivity index (χ0n) is 14.1. The lowest BCUT2D eigenvalue weighted by atomic mass is 10.1. The Labute approximate surface area is 141 Å². The summed E-state index contributed by atoms with van der Waals surface area (Å²) >= 11 is 0. The number of aryl methyl sites for hydroxylation is 3. The Morgan fingerprint density at radius 3 is 2.46 bits per heavy atom. The van der Waals surface area contributed by atoms with Crippen LogP contribution in [0.1, 0.15) is 35.0 Å². The largest absolute Gasteiger partial charge is 0.493 e. The van der Waals surface area contributed by atoms with Gasteiger partial charge in [0.05, 0.1) is 25.6 Å². The minimum atomic E-state index is -3.66. The summed E-state index contributed by atoms with van der Waals surface area (Å²) in [6.45, 7) is 3.37. The van der Waals surface area contributed by atoms with Crippen LogP contribution in [0.3, 0.4) is 0 Å². The fourth-order valence-electron chi connectivity index (χ4n) is 3.24. The molecule has 1 atom stereocenters. The minimum absolute atomic E-state index is 0.219. The molecule has 0 bridgehead atoms. The van der Waals surface area contributed by atoms with Crippen molar-refractivity contribution < 1.29 is 17.9 Å². The second kappa shape index (κ2) is 6.10. The SMILES string of the molecule is COc1cc2c(cc1OC)C(NS(=O)(=O)c1c(C)n[nH]c1C)CC2. The average molecular weight is 351 g/mol. The summed E-state index contributed by atoms with van der Waals surface area (Å²) in [4.78, 5) is 0.219. The Morgan fingerprint density at radius 1 is 1.21 bits per heavy atom. The number of benzene rings is 1. The number of fused-ring (bicyclic) bond motifs is 1. The van der Waals surface area contributed by atoms with Gasteiger partial charge in [0.25, 0.3) is 0 Å². The molecule has 2 aromatic rings. The molecule has 2 N–H and O–H groups in total. The molecule has 0 aliphatic heterocycles. The first-order valence-electron chi connectivity index (χ1n) is 7.66. The van der Waals surface area contributed by atoms with Crippen molar-refractivity contribution in [3.05, 3.63) is 34.6 Å². The molecule has 1 aromatic carbocycles. The van der Waals surface area contributed by atoms with E-state index >= 15 is 0 Å². The summed E-state index contributed by atoms with van der Waals surface area (Å²) in [5.41, 5.74) is 2.99. The zero-order chi connectivity index (χ0) is 17.5. The molecule has 0 saturated carbocycles. The number of sulfonamides is 1. The van der Waals surface area contributed by atoms with E-state index in [1.165, 1.54) is 0 Å². The third-order valence-electron chi connectivity index (χ3n) is 4.35. The first-order chi connectivity index (χ1) is 11.4. The Hall–Kier alpha value is -2.06. The van der Waals surface area contributed by atoms with Crippen LogP contribution in [0.2, 0.25) is 0 Å². The molecule has 3 rings (SSSR count). The van der Waals surface area contributed by atoms with E-state index in [2.05, 4.69) is 14.9 Å². The lowest BCUT2D eigenvalue weighted by molar-refractivity contribution is 0.354. The van der Waals surface area contributed by atoms with Gasteiger partial charge in [-0.3, -0.25) is 5.10 Å². The van der Waals surface area contributed by atoms with E-state index in [1.54, 1.807) is 28.1 Å². The topological polar surface area (TPSA) is 93.3 Å². The molecule has 0 radical (unpaired) electrons. The molecule has 0 amide bonds. The van der Waals surface area contributed by atoms with Gasteiger partial charge in [0.15, 0.2) is 11.5 Å². The van der Waals surface area contributed by atoms with Crippen LogP contribution in [0.15, 0.2) is 17.0 Å². The van der Waals surface area contributed by atoms with Gasteiger partial charge in [0.2, 0.25) is 10.0 Å². The van der Waals surface area contributed by atoms with Crippen molar-refractivity contribution in [1.29, 1.82) is 0 Å². The number of aromatic nitrogens is 2. The average Bonchev–Trinajstić information content (AvgIpc) is 3.08. The number of hydrogen-bond donors (Lipinski definition) is 2. The Morgan fingerprint density at radius 2 is 1.88 bits per heavy atom. The lowest BCUT2D eigenvalue weighted by Gasteiger charge is -2.16. The summed E-state index contributed by atoms with van der Waals surface area (Å²) in [5, 5.41) is 6.69. The zero-order valence-corrected chi connectivity index (χ0v) is 15.0. The van der Waals surface area contributed by atoms with Crippen LogP contribution in [-0.4, -0.2) is 32.8 Å². The van der Waals surface area contributed by atoms with Crippen molar-refractivity contribution in [3.8, 4) is 11.5 Å². The smallest absolute Gasteiger partial charge is 0.244 e. The molecule has 1 aliphatic rings. The van der Waals surface area contributed by atoms with Crippen LogP contribution in [0.5, 0.6) is 11.5 Å². The lowest BCUT2D eigenvalue weighted by Crippen LogP contribution is -2.28. The summed E-state index contributed by atoms with van der Waals surface area (Å²) in [5.74, 6) is 1.25. The van der Waals surface area contributed by atoms with Crippen LogP contribution < -0.4 is 14.2 Å². The number of rotatable bonds is 5. The molecular formula is C16H21N3O4S. The van der Waals surface area contributed by atoms with Gasteiger partial charge in [0, 0.05) is 6.04 Å². The number of ether oxygens (including phenoxy) is 2. The summed E-state index contributed by atoms with van der Waals surface area (Å²) in [7, 11) is -0.502. The van der Waals surface area contributed by atoms with Gasteiger partial charge in [-0.2, -0.15) is 5.10 Å². The van der Waals surface area contributed by atoms with Gasteiger partial charge < -0.3 is 9.47 Å². The highest BCUT2D eigenvalue weighted by Gasteiger charge is 2.31. The number of methoxy groups -OCH3 is 2. The summed E-state index contributed by atoms with van der Waals surface area (Å²) < 4.78 is 38.9. The number of H-pyrrole nitrogens is 1. The van der Waals surface area contributed by atoms with Crippen molar-refractivity contribution in [3.63, 3.8) is 0 Å². The van der Waals surface area contributed by atoms with Gasteiger partial charge in [-0.15, -0.1) is 0 Å². The fraction of sp³-hybridized carbons (Fsp3) is 0.438.